The van der Waals surface area contributed by atoms with Crippen molar-refractivity contribution < 1.29 is 19.4 Å². The van der Waals surface area contributed by atoms with Gasteiger partial charge in [0.2, 0.25) is 5.88 Å². The van der Waals surface area contributed by atoms with Crippen LogP contribution in [0.25, 0.3) is 0 Å². The molecule has 0 aromatic carbocycles. The number of allylic oxidation sites excluding steroid dienone is 7. The van der Waals surface area contributed by atoms with Crippen molar-refractivity contribution in [3.8, 4) is 5.88 Å². The molecule has 1 aromatic heterocycles. The lowest BCUT2D eigenvalue weighted by atomic mass is 10.1. The van der Waals surface area contributed by atoms with Crippen molar-refractivity contribution in [3.63, 3.8) is 0 Å². The van der Waals surface area contributed by atoms with Crippen LogP contribution >= 0.6 is 23.2 Å². The Kier molecular flexibility index (Phi) is 12.2. The van der Waals surface area contributed by atoms with Crippen molar-refractivity contribution in [2.24, 2.45) is 7.05 Å². The molecule has 184 valence electrons. The van der Waals surface area contributed by atoms with Gasteiger partial charge < -0.3 is 15.2 Å². The monoisotopic (exact) mass is 507 g/mol. The molecular formula is C25H31Cl2N3O4. The molecule has 1 aromatic rings. The van der Waals surface area contributed by atoms with E-state index in [1.807, 2.05) is 20.8 Å². The third kappa shape index (κ3) is 8.08. The maximum Gasteiger partial charge on any atom is 0.331 e. The molecule has 0 radical (unpaired) electrons. The number of nitrogens with zero attached hydrogens (tertiary/aromatic N) is 2. The summed E-state index contributed by atoms with van der Waals surface area (Å²) < 4.78 is 7.34. The number of ether oxygens (including phenoxy) is 1. The fraction of sp³-hybridized carbons (Fsp3) is 0.320. The Labute approximate surface area is 210 Å². The number of aryl methyl sites for hydroxylation is 2. The van der Waals surface area contributed by atoms with E-state index in [0.29, 0.717) is 22.9 Å². The summed E-state index contributed by atoms with van der Waals surface area (Å²) in [6, 6.07) is -0.383. The minimum Gasteiger partial charge on any atom is -0.478 e. The molecule has 2 N–H and O–H groups in total. The largest absolute Gasteiger partial charge is 0.478 e. The number of carboxylic acids is 1. The Morgan fingerprint density at radius 1 is 1.38 bits per heavy atom. The molecule has 9 heteroatoms. The summed E-state index contributed by atoms with van der Waals surface area (Å²) in [6.07, 6.45) is 11.7. The second kappa shape index (κ2) is 14.3. The smallest absolute Gasteiger partial charge is 0.331 e. The lowest BCUT2D eigenvalue weighted by molar-refractivity contribution is -0.132. The van der Waals surface area contributed by atoms with Crippen molar-refractivity contribution in [1.82, 2.24) is 15.1 Å². The molecule has 0 spiro atoms. The van der Waals surface area contributed by atoms with E-state index in [9.17, 15) is 9.59 Å². The first-order chi connectivity index (χ1) is 16.2. The van der Waals surface area contributed by atoms with Crippen LogP contribution in [0.5, 0.6) is 5.88 Å². The molecule has 1 amide bonds. The van der Waals surface area contributed by atoms with Crippen molar-refractivity contribution in [3.05, 3.63) is 82.3 Å². The van der Waals surface area contributed by atoms with Crippen molar-refractivity contribution in [2.75, 3.05) is 5.88 Å². The van der Waals surface area contributed by atoms with Crippen molar-refractivity contribution in [2.45, 2.75) is 40.2 Å². The van der Waals surface area contributed by atoms with E-state index in [4.69, 9.17) is 33.0 Å². The number of carboxylic acid groups (broad SMARTS) is 1. The first-order valence-corrected chi connectivity index (χ1v) is 11.7. The maximum absolute atomic E-state index is 13.1. The van der Waals surface area contributed by atoms with E-state index in [2.05, 4.69) is 17.0 Å². The zero-order valence-corrected chi connectivity index (χ0v) is 21.6. The minimum absolute atomic E-state index is 0.229. The molecule has 7 nitrogen and oxygen atoms in total. The third-order valence-electron chi connectivity index (χ3n) is 4.61. The van der Waals surface area contributed by atoms with Gasteiger partial charge in [0.15, 0.2) is 0 Å². The second-order valence-corrected chi connectivity index (χ2v) is 7.70. The number of amides is 1. The molecular weight excluding hydrogens is 477 g/mol. The summed E-state index contributed by atoms with van der Waals surface area (Å²) in [4.78, 5) is 24.3. The first-order valence-electron chi connectivity index (χ1n) is 10.8. The number of halogens is 2. The molecule has 2 rings (SSSR count). The molecule has 34 heavy (non-hydrogen) atoms. The van der Waals surface area contributed by atoms with Gasteiger partial charge >= 0.3 is 5.97 Å². The van der Waals surface area contributed by atoms with Crippen LogP contribution in [0, 0.1) is 6.92 Å². The van der Waals surface area contributed by atoms with E-state index in [-0.39, 0.29) is 34.8 Å². The number of rotatable bonds is 9. The fourth-order valence-electron chi connectivity index (χ4n) is 2.97. The summed E-state index contributed by atoms with van der Waals surface area (Å²) >= 11 is 11.7. The van der Waals surface area contributed by atoms with Crippen LogP contribution in [0.2, 0.25) is 0 Å². The molecule has 1 heterocycles. The summed E-state index contributed by atoms with van der Waals surface area (Å²) in [6.45, 7) is 11.2. The highest BCUT2D eigenvalue weighted by Crippen LogP contribution is 2.25. The normalized spacial score (nSPS) is 14.7. The number of alkyl halides is 1. The Hall–Kier alpha value is -3.03. The standard InChI is InChI=1S/C23H25Cl2N3O4.C2H6/c1-5-19(13-18(25)11-12-24)32-22-20(15(3)27-28(22)4)21(29)26-14(2)16-7-6-8-17(10-9-16)23(30)31;1-2/h5-7,9-11,13-14H,1,8,12H2,2-4H3,(H,26,29)(H,30,31);1-2H3/b18-11+,19-13+;. The highest BCUT2D eigenvalue weighted by atomic mass is 35.5. The number of hydrogen-bond donors (Lipinski definition) is 2. The van der Waals surface area contributed by atoms with Gasteiger partial charge in [-0.1, -0.05) is 62.4 Å². The lowest BCUT2D eigenvalue weighted by Crippen LogP contribution is -2.34. The summed E-state index contributed by atoms with van der Waals surface area (Å²) in [5, 5.41) is 16.8. The first kappa shape index (κ1) is 29.0. The predicted octanol–water partition coefficient (Wildman–Crippen LogP) is 5.58. The van der Waals surface area contributed by atoms with Gasteiger partial charge in [0, 0.05) is 23.5 Å². The van der Waals surface area contributed by atoms with Gasteiger partial charge in [-0.25, -0.2) is 9.48 Å². The highest BCUT2D eigenvalue weighted by Gasteiger charge is 2.24. The number of hydrogen-bond acceptors (Lipinski definition) is 4. The summed E-state index contributed by atoms with van der Waals surface area (Å²) in [5.41, 5.74) is 1.79. The lowest BCUT2D eigenvalue weighted by Gasteiger charge is -2.16. The van der Waals surface area contributed by atoms with Crippen molar-refractivity contribution >= 4 is 35.1 Å². The zero-order valence-electron chi connectivity index (χ0n) is 20.1. The minimum atomic E-state index is -0.969. The number of carbonyl (C=O) groups is 2. The topological polar surface area (TPSA) is 93.4 Å². The van der Waals surface area contributed by atoms with E-state index in [1.54, 1.807) is 44.4 Å². The SMILES string of the molecule is C=C/C(=C\C(Cl)=C/CCl)Oc1c(C(=O)NC(C)C2=CC=C(C(=O)O)CC=C2)c(C)nn1C.CC. The molecule has 0 aliphatic heterocycles. The van der Waals surface area contributed by atoms with Crippen LogP contribution in [-0.2, 0) is 11.8 Å². The number of nitrogens with one attached hydrogen (secondary N) is 1. The van der Waals surface area contributed by atoms with Crippen LogP contribution in [0.1, 0.15) is 43.2 Å². The van der Waals surface area contributed by atoms with Crippen LogP contribution in [0.15, 0.2) is 71.0 Å². The number of carbonyl (C=O) groups excluding carboxylic acids is 1. The molecule has 0 fully saturated rings. The average Bonchev–Trinajstić information content (AvgIpc) is 2.96. The number of aromatic nitrogens is 2. The van der Waals surface area contributed by atoms with Crippen LogP contribution in [0.3, 0.4) is 0 Å². The molecule has 0 saturated carbocycles. The molecule has 1 aliphatic carbocycles. The molecule has 0 bridgehead atoms. The van der Waals surface area contributed by atoms with Crippen LogP contribution in [-0.4, -0.2) is 38.7 Å². The summed E-state index contributed by atoms with van der Waals surface area (Å²) in [7, 11) is 1.66. The van der Waals surface area contributed by atoms with E-state index >= 15 is 0 Å². The van der Waals surface area contributed by atoms with Gasteiger partial charge in [0.1, 0.15) is 11.3 Å². The van der Waals surface area contributed by atoms with Gasteiger partial charge in [-0.15, -0.1) is 11.6 Å². The Balaban J connectivity index is 0.00000281. The Bertz CT molecular complexity index is 1060. The van der Waals surface area contributed by atoms with Crippen LogP contribution in [0.4, 0.5) is 0 Å². The zero-order chi connectivity index (χ0) is 25.8. The van der Waals surface area contributed by atoms with Gasteiger partial charge in [0.05, 0.1) is 11.7 Å². The van der Waals surface area contributed by atoms with Gasteiger partial charge in [-0.3, -0.25) is 4.79 Å². The van der Waals surface area contributed by atoms with Crippen LogP contribution < -0.4 is 10.1 Å². The van der Waals surface area contributed by atoms with E-state index in [0.717, 1.165) is 5.57 Å². The molecule has 1 aliphatic rings. The maximum atomic E-state index is 13.1. The predicted molar refractivity (Wildman–Crippen MR) is 137 cm³/mol. The van der Waals surface area contributed by atoms with Gasteiger partial charge in [0.25, 0.3) is 5.91 Å². The third-order valence-corrected chi connectivity index (χ3v) is 5.03. The van der Waals surface area contributed by atoms with Crippen molar-refractivity contribution in [1.29, 1.82) is 0 Å². The molecule has 0 saturated heterocycles. The second-order valence-electron chi connectivity index (χ2n) is 6.95. The fourth-order valence-corrected chi connectivity index (χ4v) is 3.40. The van der Waals surface area contributed by atoms with Gasteiger partial charge in [-0.2, -0.15) is 5.10 Å². The van der Waals surface area contributed by atoms with Gasteiger partial charge in [-0.05, 0) is 38.0 Å². The van der Waals surface area contributed by atoms with E-state index in [1.165, 1.54) is 16.8 Å². The Morgan fingerprint density at radius 2 is 2.06 bits per heavy atom. The molecule has 1 atom stereocenters. The summed E-state index contributed by atoms with van der Waals surface area (Å²) in [5.74, 6) is -0.563. The Morgan fingerprint density at radius 3 is 2.65 bits per heavy atom. The number of aliphatic carboxylic acids is 1. The molecule has 1 unspecified atom stereocenters. The van der Waals surface area contributed by atoms with E-state index < -0.39 is 5.97 Å². The average molecular weight is 508 g/mol. The highest BCUT2D eigenvalue weighted by molar-refractivity contribution is 6.32. The quantitative estimate of drug-likeness (QED) is 0.258.